The third kappa shape index (κ3) is 2.98. The molecule has 0 radical (unpaired) electrons. The number of carbonyl (C=O) groups excluding carboxylic acids is 4. The summed E-state index contributed by atoms with van der Waals surface area (Å²) in [5.74, 6) is -3.50. The van der Waals surface area contributed by atoms with Crippen LogP contribution in [0.25, 0.3) is 0 Å². The Labute approximate surface area is 187 Å². The first-order valence-corrected chi connectivity index (χ1v) is 11.3. The molecule has 2 bridgehead atoms. The van der Waals surface area contributed by atoms with Gasteiger partial charge < -0.3 is 19.3 Å². The molecule has 0 aromatic heterocycles. The SMILES string of the molecule is C=C1C(=O)C23C[C@@H]1C[C@H](O)C2C1(COC3=O)[C@@H](OC(C)=O)CCC(C)(C)[C@H]1COC(C)=O. The maximum absolute atomic E-state index is 13.5. The van der Waals surface area contributed by atoms with Gasteiger partial charge in [-0.25, -0.2) is 0 Å². The third-order valence-corrected chi connectivity index (χ3v) is 8.60. The largest absolute Gasteiger partial charge is 0.466 e. The topological polar surface area (TPSA) is 116 Å². The summed E-state index contributed by atoms with van der Waals surface area (Å²) in [6, 6.07) is 0. The fourth-order valence-corrected chi connectivity index (χ4v) is 7.31. The van der Waals surface area contributed by atoms with Crippen molar-refractivity contribution in [2.45, 2.75) is 65.6 Å². The molecule has 176 valence electrons. The van der Waals surface area contributed by atoms with Crippen LogP contribution in [0.5, 0.6) is 0 Å². The monoisotopic (exact) mass is 448 g/mol. The summed E-state index contributed by atoms with van der Waals surface area (Å²) in [7, 11) is 0. The van der Waals surface area contributed by atoms with E-state index in [-0.39, 0.29) is 31.3 Å². The zero-order valence-electron chi connectivity index (χ0n) is 19.1. The highest BCUT2D eigenvalue weighted by Crippen LogP contribution is 2.68. The molecule has 2 spiro atoms. The summed E-state index contributed by atoms with van der Waals surface area (Å²) in [6.45, 7) is 10.5. The summed E-state index contributed by atoms with van der Waals surface area (Å²) in [6.07, 6.45) is 0.0116. The van der Waals surface area contributed by atoms with E-state index >= 15 is 0 Å². The number of allylic oxidation sites excluding steroid dienone is 1. The van der Waals surface area contributed by atoms with Gasteiger partial charge in [-0.3, -0.25) is 19.2 Å². The van der Waals surface area contributed by atoms with Gasteiger partial charge in [-0.05, 0) is 42.6 Å². The van der Waals surface area contributed by atoms with Crippen molar-refractivity contribution in [3.05, 3.63) is 12.2 Å². The number of ether oxygens (including phenoxy) is 3. The Kier molecular flexibility index (Phi) is 5.31. The Balaban J connectivity index is 1.93. The van der Waals surface area contributed by atoms with Crippen LogP contribution in [-0.4, -0.2) is 54.2 Å². The minimum absolute atomic E-state index is 0.00944. The first-order chi connectivity index (χ1) is 14.9. The van der Waals surface area contributed by atoms with E-state index in [4.69, 9.17) is 14.2 Å². The molecule has 1 heterocycles. The molecule has 7 atom stereocenters. The van der Waals surface area contributed by atoms with Crippen molar-refractivity contribution >= 4 is 23.7 Å². The number of hydrogen-bond donors (Lipinski definition) is 1. The van der Waals surface area contributed by atoms with Gasteiger partial charge in [0.1, 0.15) is 18.1 Å². The molecule has 3 unspecified atom stereocenters. The second-order valence-electron chi connectivity index (χ2n) is 10.7. The molecule has 4 fully saturated rings. The Morgan fingerprint density at radius 1 is 1.22 bits per heavy atom. The van der Waals surface area contributed by atoms with Gasteiger partial charge in [0.05, 0.1) is 18.1 Å². The van der Waals surface area contributed by atoms with Crippen molar-refractivity contribution in [2.24, 2.45) is 34.0 Å². The number of hydrogen-bond acceptors (Lipinski definition) is 8. The molecule has 0 amide bonds. The lowest BCUT2D eigenvalue weighted by Crippen LogP contribution is -2.71. The second kappa shape index (κ2) is 7.40. The van der Waals surface area contributed by atoms with Crippen LogP contribution < -0.4 is 0 Å². The van der Waals surface area contributed by atoms with E-state index in [9.17, 15) is 24.3 Å². The maximum atomic E-state index is 13.5. The van der Waals surface area contributed by atoms with E-state index in [0.717, 1.165) is 0 Å². The van der Waals surface area contributed by atoms with Gasteiger partial charge in [-0.15, -0.1) is 0 Å². The summed E-state index contributed by atoms with van der Waals surface area (Å²) in [4.78, 5) is 50.5. The minimum Gasteiger partial charge on any atom is -0.466 e. The van der Waals surface area contributed by atoms with E-state index in [1.165, 1.54) is 13.8 Å². The van der Waals surface area contributed by atoms with Crippen LogP contribution in [0.2, 0.25) is 0 Å². The summed E-state index contributed by atoms with van der Waals surface area (Å²) in [5, 5.41) is 11.4. The van der Waals surface area contributed by atoms with E-state index in [0.29, 0.717) is 24.8 Å². The number of rotatable bonds is 3. The number of Topliss-reactive ketones (excluding diaryl/α,β-unsaturated/α-hetero) is 1. The first-order valence-electron chi connectivity index (χ1n) is 11.3. The average Bonchev–Trinajstić information content (AvgIpc) is 2.88. The van der Waals surface area contributed by atoms with Gasteiger partial charge in [0, 0.05) is 25.7 Å². The van der Waals surface area contributed by atoms with Gasteiger partial charge >= 0.3 is 17.9 Å². The Morgan fingerprint density at radius 2 is 1.91 bits per heavy atom. The van der Waals surface area contributed by atoms with E-state index in [1.807, 2.05) is 13.8 Å². The van der Waals surface area contributed by atoms with Gasteiger partial charge in [-0.2, -0.15) is 0 Å². The molecule has 32 heavy (non-hydrogen) atoms. The predicted molar refractivity (Wildman–Crippen MR) is 111 cm³/mol. The van der Waals surface area contributed by atoms with E-state index in [2.05, 4.69) is 6.58 Å². The molecule has 3 saturated carbocycles. The van der Waals surface area contributed by atoms with Gasteiger partial charge in [0.2, 0.25) is 0 Å². The fraction of sp³-hybridized carbons (Fsp3) is 0.750. The molecule has 8 nitrogen and oxygen atoms in total. The number of ketones is 1. The van der Waals surface area contributed by atoms with Crippen molar-refractivity contribution in [3.63, 3.8) is 0 Å². The molecule has 8 heteroatoms. The second-order valence-corrected chi connectivity index (χ2v) is 10.7. The lowest BCUT2D eigenvalue weighted by molar-refractivity contribution is -0.264. The lowest BCUT2D eigenvalue weighted by atomic mass is 9.43. The van der Waals surface area contributed by atoms with Crippen LogP contribution in [0.1, 0.15) is 53.4 Å². The molecule has 3 aliphatic carbocycles. The Bertz CT molecular complexity index is 890. The molecule has 1 saturated heterocycles. The number of esters is 3. The smallest absolute Gasteiger partial charge is 0.320 e. The van der Waals surface area contributed by atoms with Gasteiger partial charge in [0.15, 0.2) is 5.78 Å². The standard InChI is InChI=1S/C24H32O8/c1-12-15-8-16(27)19-23(9-15,20(12)28)21(29)31-11-24(19)17(10-30-13(2)25)22(4,5)7-6-18(24)32-14(3)26/h15-19,27H,1,6-11H2,2-5H3/t15-,16-,17+,18-,19?,23?,24?/m0/s1. The summed E-state index contributed by atoms with van der Waals surface area (Å²) < 4.78 is 17.0. The number of cyclic esters (lactones) is 1. The Hall–Kier alpha value is -2.22. The maximum Gasteiger partial charge on any atom is 0.320 e. The minimum atomic E-state index is -1.56. The highest BCUT2D eigenvalue weighted by Gasteiger charge is 2.76. The fourth-order valence-electron chi connectivity index (χ4n) is 7.31. The molecular weight excluding hydrogens is 416 g/mol. The lowest BCUT2D eigenvalue weighted by Gasteiger charge is -2.63. The Morgan fingerprint density at radius 3 is 2.53 bits per heavy atom. The van der Waals surface area contributed by atoms with Crippen LogP contribution in [-0.2, 0) is 33.4 Å². The third-order valence-electron chi connectivity index (χ3n) is 8.60. The van der Waals surface area contributed by atoms with Crippen LogP contribution in [0, 0.1) is 34.0 Å². The average molecular weight is 449 g/mol. The number of aliphatic hydroxyl groups is 1. The summed E-state index contributed by atoms with van der Waals surface area (Å²) in [5.41, 5.74) is -2.69. The van der Waals surface area contributed by atoms with Crippen LogP contribution in [0.4, 0.5) is 0 Å². The highest BCUT2D eigenvalue weighted by atomic mass is 16.6. The van der Waals surface area contributed by atoms with Crippen molar-refractivity contribution in [3.8, 4) is 0 Å². The van der Waals surface area contributed by atoms with E-state index in [1.54, 1.807) is 0 Å². The van der Waals surface area contributed by atoms with Crippen molar-refractivity contribution < 1.29 is 38.5 Å². The molecule has 0 aromatic rings. The van der Waals surface area contributed by atoms with Crippen LogP contribution >= 0.6 is 0 Å². The van der Waals surface area contributed by atoms with Gasteiger partial charge in [-0.1, -0.05) is 20.4 Å². The molecule has 4 rings (SSSR count). The van der Waals surface area contributed by atoms with Crippen LogP contribution in [0.15, 0.2) is 12.2 Å². The van der Waals surface area contributed by atoms with Crippen molar-refractivity contribution in [1.29, 1.82) is 0 Å². The molecular formula is C24H32O8. The highest BCUT2D eigenvalue weighted by molar-refractivity contribution is 6.15. The molecule has 1 N–H and O–H groups in total. The predicted octanol–water partition coefficient (Wildman–Crippen LogP) is 1.97. The summed E-state index contributed by atoms with van der Waals surface area (Å²) >= 11 is 0. The molecule has 1 aliphatic heterocycles. The number of fused-ring (bicyclic) bond motifs is 2. The molecule has 0 aromatic carbocycles. The van der Waals surface area contributed by atoms with Crippen molar-refractivity contribution in [1.82, 2.24) is 0 Å². The van der Waals surface area contributed by atoms with Crippen molar-refractivity contribution in [2.75, 3.05) is 13.2 Å². The quantitative estimate of drug-likeness (QED) is 0.302. The van der Waals surface area contributed by atoms with Crippen LogP contribution in [0.3, 0.4) is 0 Å². The first kappa shape index (κ1) is 23.0. The number of carbonyl (C=O) groups is 4. The van der Waals surface area contributed by atoms with E-state index < -0.39 is 58.2 Å². The van der Waals surface area contributed by atoms with Gasteiger partial charge in [0.25, 0.3) is 0 Å². The normalized spacial score (nSPS) is 42.3. The zero-order valence-corrected chi connectivity index (χ0v) is 19.1. The molecule has 4 aliphatic rings. The number of aliphatic hydroxyl groups excluding tert-OH is 1. The zero-order chi connectivity index (χ0) is 23.6.